The number of benzene rings is 1. The van der Waals surface area contributed by atoms with Crippen molar-refractivity contribution in [3.8, 4) is 5.75 Å². The van der Waals surface area contributed by atoms with Gasteiger partial charge in [-0.2, -0.15) is 0 Å². The summed E-state index contributed by atoms with van der Waals surface area (Å²) in [5, 5.41) is 0. The molecule has 76 valence electrons. The van der Waals surface area contributed by atoms with Crippen LogP contribution < -0.4 is 4.74 Å². The van der Waals surface area contributed by atoms with Crippen LogP contribution >= 0.6 is 0 Å². The van der Waals surface area contributed by atoms with Crippen molar-refractivity contribution in [3.05, 3.63) is 29.3 Å². The van der Waals surface area contributed by atoms with Gasteiger partial charge < -0.3 is 4.74 Å². The number of rotatable bonds is 2. The first-order chi connectivity index (χ1) is 6.59. The van der Waals surface area contributed by atoms with Crippen molar-refractivity contribution in [2.24, 2.45) is 0 Å². The Bertz CT molecular complexity index is 359. The largest absolute Gasteiger partial charge is 0.496 e. The minimum atomic E-state index is 0.155. The second-order valence-corrected chi connectivity index (χ2v) is 4.34. The highest BCUT2D eigenvalue weighted by Gasteiger charge is 2.42. The van der Waals surface area contributed by atoms with Crippen molar-refractivity contribution in [1.29, 1.82) is 0 Å². The molecule has 2 nitrogen and oxygen atoms in total. The van der Waals surface area contributed by atoms with E-state index in [1.54, 1.807) is 7.11 Å². The molecule has 0 saturated carbocycles. The molecule has 0 bridgehead atoms. The first kappa shape index (κ1) is 9.53. The molecule has 14 heavy (non-hydrogen) atoms. The Morgan fingerprint density at radius 2 is 2.07 bits per heavy atom. The number of ether oxygens (including phenoxy) is 1. The first-order valence-corrected chi connectivity index (χ1v) is 4.93. The molecule has 1 aliphatic rings. The summed E-state index contributed by atoms with van der Waals surface area (Å²) in [5.74, 6) is 1.02. The summed E-state index contributed by atoms with van der Waals surface area (Å²) in [7, 11) is 5.98. The van der Waals surface area contributed by atoms with Crippen LogP contribution in [-0.2, 0) is 12.0 Å². The van der Waals surface area contributed by atoms with E-state index in [4.69, 9.17) is 4.74 Å². The Labute approximate surface area is 85.5 Å². The van der Waals surface area contributed by atoms with Crippen LogP contribution in [0, 0.1) is 0 Å². The molecular formula is C12H17NO. The Hall–Kier alpha value is -1.02. The molecule has 0 radical (unpaired) electrons. The van der Waals surface area contributed by atoms with Gasteiger partial charge in [-0.25, -0.2) is 0 Å². The SMILES string of the molecule is COc1cccc2c1C(C)(N(C)C)C2. The maximum absolute atomic E-state index is 5.40. The predicted octanol–water partition coefficient (Wildman–Crippen LogP) is 2.03. The van der Waals surface area contributed by atoms with E-state index in [9.17, 15) is 0 Å². The highest BCUT2D eigenvalue weighted by Crippen LogP contribution is 2.47. The minimum absolute atomic E-state index is 0.155. The zero-order valence-electron chi connectivity index (χ0n) is 9.29. The van der Waals surface area contributed by atoms with Crippen LogP contribution in [0.5, 0.6) is 5.75 Å². The lowest BCUT2D eigenvalue weighted by Crippen LogP contribution is -2.48. The molecule has 1 aliphatic carbocycles. The fourth-order valence-electron chi connectivity index (χ4n) is 2.24. The van der Waals surface area contributed by atoms with Gasteiger partial charge in [0, 0.05) is 5.56 Å². The molecule has 0 aliphatic heterocycles. The van der Waals surface area contributed by atoms with Crippen molar-refractivity contribution < 1.29 is 4.74 Å². The average molecular weight is 191 g/mol. The fraction of sp³-hybridized carbons (Fsp3) is 0.500. The average Bonchev–Trinajstić information content (AvgIpc) is 2.14. The molecule has 0 aromatic heterocycles. The maximum Gasteiger partial charge on any atom is 0.124 e. The quantitative estimate of drug-likeness (QED) is 0.709. The lowest BCUT2D eigenvalue weighted by molar-refractivity contribution is 0.139. The van der Waals surface area contributed by atoms with Crippen molar-refractivity contribution in [2.75, 3.05) is 21.2 Å². The number of methoxy groups -OCH3 is 1. The number of likely N-dealkylation sites (N-methyl/N-ethyl adjacent to an activating group) is 1. The lowest BCUT2D eigenvalue weighted by Gasteiger charge is -2.47. The summed E-state index contributed by atoms with van der Waals surface area (Å²) in [6.07, 6.45) is 1.12. The number of fused-ring (bicyclic) bond motifs is 1. The van der Waals surface area contributed by atoms with Crippen LogP contribution in [0.2, 0.25) is 0 Å². The summed E-state index contributed by atoms with van der Waals surface area (Å²) < 4.78 is 5.40. The molecule has 0 spiro atoms. The summed E-state index contributed by atoms with van der Waals surface area (Å²) in [4.78, 5) is 2.26. The third-order valence-electron chi connectivity index (χ3n) is 3.39. The Kier molecular flexibility index (Phi) is 2.04. The molecule has 1 atom stereocenters. The number of nitrogens with zero attached hydrogens (tertiary/aromatic N) is 1. The van der Waals surface area contributed by atoms with E-state index in [-0.39, 0.29) is 5.54 Å². The number of hydrogen-bond donors (Lipinski definition) is 0. The zero-order valence-corrected chi connectivity index (χ0v) is 9.29. The Morgan fingerprint density at radius 1 is 1.36 bits per heavy atom. The monoisotopic (exact) mass is 191 g/mol. The molecular weight excluding hydrogens is 174 g/mol. The fourth-order valence-corrected chi connectivity index (χ4v) is 2.24. The second kappa shape index (κ2) is 2.99. The zero-order chi connectivity index (χ0) is 10.3. The highest BCUT2D eigenvalue weighted by molar-refractivity contribution is 5.52. The Balaban J connectivity index is 2.49. The molecule has 0 amide bonds. The minimum Gasteiger partial charge on any atom is -0.496 e. The third-order valence-corrected chi connectivity index (χ3v) is 3.39. The highest BCUT2D eigenvalue weighted by atomic mass is 16.5. The van der Waals surface area contributed by atoms with Gasteiger partial charge in [-0.05, 0) is 39.1 Å². The van der Waals surface area contributed by atoms with Crippen LogP contribution in [0.3, 0.4) is 0 Å². The van der Waals surface area contributed by atoms with E-state index in [0.717, 1.165) is 12.2 Å². The molecule has 2 heteroatoms. The summed E-state index contributed by atoms with van der Waals surface area (Å²) in [6, 6.07) is 6.29. The topological polar surface area (TPSA) is 12.5 Å². The van der Waals surface area contributed by atoms with Crippen LogP contribution in [0.4, 0.5) is 0 Å². The standard InChI is InChI=1S/C12H17NO/c1-12(13(2)3)8-9-6-5-7-10(14-4)11(9)12/h5-7H,8H2,1-4H3. The van der Waals surface area contributed by atoms with E-state index in [1.165, 1.54) is 11.1 Å². The van der Waals surface area contributed by atoms with E-state index in [2.05, 4.69) is 38.1 Å². The summed E-state index contributed by atoms with van der Waals surface area (Å²) in [5.41, 5.74) is 2.93. The third kappa shape index (κ3) is 1.07. The molecule has 0 saturated heterocycles. The van der Waals surface area contributed by atoms with Gasteiger partial charge in [0.2, 0.25) is 0 Å². The van der Waals surface area contributed by atoms with Crippen molar-refractivity contribution in [2.45, 2.75) is 18.9 Å². The molecule has 0 N–H and O–H groups in total. The molecule has 1 aromatic rings. The maximum atomic E-state index is 5.40. The van der Waals surface area contributed by atoms with E-state index in [0.29, 0.717) is 0 Å². The van der Waals surface area contributed by atoms with Gasteiger partial charge in [-0.15, -0.1) is 0 Å². The van der Waals surface area contributed by atoms with Gasteiger partial charge >= 0.3 is 0 Å². The van der Waals surface area contributed by atoms with Gasteiger partial charge in [0.05, 0.1) is 12.6 Å². The van der Waals surface area contributed by atoms with Gasteiger partial charge in [0.25, 0.3) is 0 Å². The molecule has 0 heterocycles. The van der Waals surface area contributed by atoms with E-state index in [1.807, 2.05) is 6.07 Å². The lowest BCUT2D eigenvalue weighted by atomic mass is 9.70. The van der Waals surface area contributed by atoms with Gasteiger partial charge in [-0.1, -0.05) is 12.1 Å². The normalized spacial score (nSPS) is 24.4. The van der Waals surface area contributed by atoms with Crippen LogP contribution in [-0.4, -0.2) is 26.1 Å². The molecule has 1 aromatic carbocycles. The van der Waals surface area contributed by atoms with Crippen LogP contribution in [0.15, 0.2) is 18.2 Å². The van der Waals surface area contributed by atoms with E-state index >= 15 is 0 Å². The Morgan fingerprint density at radius 3 is 2.64 bits per heavy atom. The van der Waals surface area contributed by atoms with Crippen LogP contribution in [0.1, 0.15) is 18.1 Å². The van der Waals surface area contributed by atoms with Crippen molar-refractivity contribution in [1.82, 2.24) is 4.90 Å². The number of hydrogen-bond acceptors (Lipinski definition) is 2. The van der Waals surface area contributed by atoms with Gasteiger partial charge in [-0.3, -0.25) is 4.90 Å². The van der Waals surface area contributed by atoms with Crippen molar-refractivity contribution in [3.63, 3.8) is 0 Å². The van der Waals surface area contributed by atoms with Gasteiger partial charge in [0.15, 0.2) is 0 Å². The molecule has 2 rings (SSSR count). The van der Waals surface area contributed by atoms with Crippen LogP contribution in [0.25, 0.3) is 0 Å². The first-order valence-electron chi connectivity index (χ1n) is 4.93. The van der Waals surface area contributed by atoms with Crippen molar-refractivity contribution >= 4 is 0 Å². The smallest absolute Gasteiger partial charge is 0.124 e. The molecule has 0 fully saturated rings. The molecule has 1 unspecified atom stereocenters. The summed E-state index contributed by atoms with van der Waals surface area (Å²) >= 11 is 0. The predicted molar refractivity (Wildman–Crippen MR) is 57.7 cm³/mol. The second-order valence-electron chi connectivity index (χ2n) is 4.34. The summed E-state index contributed by atoms with van der Waals surface area (Å²) in [6.45, 7) is 2.26. The van der Waals surface area contributed by atoms with E-state index < -0.39 is 0 Å². The van der Waals surface area contributed by atoms with Gasteiger partial charge in [0.1, 0.15) is 5.75 Å².